The van der Waals surface area contributed by atoms with Crippen molar-refractivity contribution in [2.75, 3.05) is 64.4 Å². The minimum absolute atomic E-state index is 0.670. The number of methoxy groups -OCH3 is 1. The Hall–Kier alpha value is -1.50. The number of benzene rings is 1. The van der Waals surface area contributed by atoms with E-state index in [1.54, 1.807) is 7.11 Å². The van der Waals surface area contributed by atoms with Gasteiger partial charge < -0.3 is 20.3 Å². The predicted molar refractivity (Wildman–Crippen MR) is 108 cm³/mol. The molecule has 0 spiro atoms. The Bertz CT molecular complexity index is 582. The third-order valence-corrected chi connectivity index (χ3v) is 5.35. The molecular formula is C19H30ClN5O. The molecule has 2 N–H and O–H groups in total. The fraction of sp³-hybridized carbons (Fsp3) is 0.632. The first-order valence-electron chi connectivity index (χ1n) is 9.46. The van der Waals surface area contributed by atoms with Crippen molar-refractivity contribution in [2.24, 2.45) is 10.7 Å². The first-order valence-corrected chi connectivity index (χ1v) is 9.83. The minimum atomic E-state index is 0.670. The number of guanidine groups is 1. The molecule has 0 unspecified atom stereocenters. The average molecular weight is 380 g/mol. The molecule has 0 aromatic heterocycles. The Morgan fingerprint density at radius 2 is 1.88 bits per heavy atom. The Balaban J connectivity index is 1.43. The van der Waals surface area contributed by atoms with Crippen LogP contribution in [0.4, 0.5) is 5.69 Å². The lowest BCUT2D eigenvalue weighted by atomic mass is 10.2. The summed E-state index contributed by atoms with van der Waals surface area (Å²) in [6.07, 6.45) is 2.60. The lowest BCUT2D eigenvalue weighted by molar-refractivity contribution is 0.145. The van der Waals surface area contributed by atoms with E-state index in [0.717, 1.165) is 63.5 Å². The van der Waals surface area contributed by atoms with Crippen LogP contribution in [0.2, 0.25) is 5.02 Å². The number of nitrogens with zero attached hydrogens (tertiary/aromatic N) is 4. The first-order chi connectivity index (χ1) is 12.7. The van der Waals surface area contributed by atoms with Crippen LogP contribution in [-0.4, -0.2) is 81.3 Å². The highest BCUT2D eigenvalue weighted by Gasteiger charge is 2.28. The minimum Gasteiger partial charge on any atom is -0.383 e. The Morgan fingerprint density at radius 3 is 2.50 bits per heavy atom. The van der Waals surface area contributed by atoms with Gasteiger partial charge in [0.05, 0.1) is 13.2 Å². The molecular weight excluding hydrogens is 350 g/mol. The summed E-state index contributed by atoms with van der Waals surface area (Å²) in [5.74, 6) is 0.670. The maximum absolute atomic E-state index is 6.23. The molecule has 1 saturated heterocycles. The fourth-order valence-corrected chi connectivity index (χ4v) is 3.49. The van der Waals surface area contributed by atoms with Crippen LogP contribution < -0.4 is 10.6 Å². The van der Waals surface area contributed by atoms with Crippen molar-refractivity contribution in [3.05, 3.63) is 29.3 Å². The van der Waals surface area contributed by atoms with E-state index < -0.39 is 0 Å². The average Bonchev–Trinajstić information content (AvgIpc) is 3.50. The smallest absolute Gasteiger partial charge is 0.191 e. The number of anilines is 1. The van der Waals surface area contributed by atoms with Crippen LogP contribution in [0.3, 0.4) is 0 Å². The van der Waals surface area contributed by atoms with Gasteiger partial charge >= 0.3 is 0 Å². The van der Waals surface area contributed by atoms with E-state index in [-0.39, 0.29) is 0 Å². The molecule has 1 aromatic carbocycles. The van der Waals surface area contributed by atoms with E-state index >= 15 is 0 Å². The Labute approximate surface area is 161 Å². The van der Waals surface area contributed by atoms with Gasteiger partial charge in [-0.3, -0.25) is 9.89 Å². The van der Waals surface area contributed by atoms with E-state index in [4.69, 9.17) is 22.1 Å². The number of halogens is 1. The molecule has 26 heavy (non-hydrogen) atoms. The zero-order valence-corrected chi connectivity index (χ0v) is 16.4. The molecule has 1 aromatic rings. The topological polar surface area (TPSA) is 57.3 Å². The zero-order valence-electron chi connectivity index (χ0n) is 15.6. The molecule has 1 saturated carbocycles. The maximum atomic E-state index is 6.23. The quantitative estimate of drug-likeness (QED) is 0.552. The van der Waals surface area contributed by atoms with Gasteiger partial charge in [-0.1, -0.05) is 11.6 Å². The summed E-state index contributed by atoms with van der Waals surface area (Å²) >= 11 is 5.97. The Morgan fingerprint density at radius 1 is 1.19 bits per heavy atom. The molecule has 0 radical (unpaired) electrons. The number of ether oxygens (including phenoxy) is 1. The number of aliphatic imine (C=N–C) groups is 1. The standard InChI is InChI=1S/C19H30ClN5O/c1-26-15-14-23(18-6-7-18)9-8-22-19(21)25-12-10-24(11-13-25)17-4-2-16(20)3-5-17/h2-5,18H,6-15H2,1H3,(H2,21,22). The van der Waals surface area contributed by atoms with Gasteiger partial charge in [0.1, 0.15) is 0 Å². The second kappa shape index (κ2) is 9.44. The highest BCUT2D eigenvalue weighted by atomic mass is 35.5. The van der Waals surface area contributed by atoms with Gasteiger partial charge in [-0.25, -0.2) is 0 Å². The van der Waals surface area contributed by atoms with Crippen molar-refractivity contribution in [2.45, 2.75) is 18.9 Å². The molecule has 1 aliphatic carbocycles. The van der Waals surface area contributed by atoms with E-state index in [1.165, 1.54) is 18.5 Å². The maximum Gasteiger partial charge on any atom is 0.191 e. The number of nitrogens with two attached hydrogens (primary N) is 1. The van der Waals surface area contributed by atoms with Crippen molar-refractivity contribution in [1.29, 1.82) is 0 Å². The molecule has 2 fully saturated rings. The van der Waals surface area contributed by atoms with Gasteiger partial charge in [-0.15, -0.1) is 0 Å². The molecule has 1 heterocycles. The van der Waals surface area contributed by atoms with Crippen LogP contribution in [0, 0.1) is 0 Å². The predicted octanol–water partition coefficient (Wildman–Crippen LogP) is 1.89. The molecule has 144 valence electrons. The molecule has 6 nitrogen and oxygen atoms in total. The van der Waals surface area contributed by atoms with Gasteiger partial charge in [0.25, 0.3) is 0 Å². The number of hydrogen-bond donors (Lipinski definition) is 1. The normalized spacial score (nSPS) is 18.7. The molecule has 0 bridgehead atoms. The highest BCUT2D eigenvalue weighted by Crippen LogP contribution is 2.26. The van der Waals surface area contributed by atoms with Crippen molar-refractivity contribution in [1.82, 2.24) is 9.80 Å². The Kier molecular flexibility index (Phi) is 7.00. The lowest BCUT2D eigenvalue weighted by Crippen LogP contribution is -2.51. The second-order valence-electron chi connectivity index (χ2n) is 6.95. The zero-order chi connectivity index (χ0) is 18.4. The van der Waals surface area contributed by atoms with Crippen molar-refractivity contribution < 1.29 is 4.74 Å². The summed E-state index contributed by atoms with van der Waals surface area (Å²) in [5, 5.41) is 0.773. The summed E-state index contributed by atoms with van der Waals surface area (Å²) in [6.45, 7) is 7.16. The molecule has 0 amide bonds. The summed E-state index contributed by atoms with van der Waals surface area (Å²) in [7, 11) is 1.75. The van der Waals surface area contributed by atoms with Crippen molar-refractivity contribution >= 4 is 23.2 Å². The molecule has 1 aliphatic heterocycles. The van der Waals surface area contributed by atoms with Crippen LogP contribution in [0.15, 0.2) is 29.3 Å². The molecule has 0 atom stereocenters. The van der Waals surface area contributed by atoms with Gasteiger partial charge in [0.2, 0.25) is 0 Å². The summed E-state index contributed by atoms with van der Waals surface area (Å²) in [4.78, 5) is 11.6. The highest BCUT2D eigenvalue weighted by molar-refractivity contribution is 6.30. The third-order valence-electron chi connectivity index (χ3n) is 5.10. The number of piperazine rings is 1. The summed E-state index contributed by atoms with van der Waals surface area (Å²) in [5.41, 5.74) is 7.44. The number of hydrogen-bond acceptors (Lipinski definition) is 4. The SMILES string of the molecule is COCCN(CCN=C(N)N1CCN(c2ccc(Cl)cc2)CC1)C1CC1. The van der Waals surface area contributed by atoms with Gasteiger partial charge in [0, 0.05) is 63.1 Å². The fourth-order valence-electron chi connectivity index (χ4n) is 3.36. The van der Waals surface area contributed by atoms with Crippen LogP contribution >= 0.6 is 11.6 Å². The van der Waals surface area contributed by atoms with Crippen molar-refractivity contribution in [3.63, 3.8) is 0 Å². The third kappa shape index (κ3) is 5.50. The second-order valence-corrected chi connectivity index (χ2v) is 7.39. The summed E-state index contributed by atoms with van der Waals surface area (Å²) < 4.78 is 5.20. The van der Waals surface area contributed by atoms with E-state index in [2.05, 4.69) is 31.8 Å². The van der Waals surface area contributed by atoms with Crippen LogP contribution in [0.25, 0.3) is 0 Å². The largest absolute Gasteiger partial charge is 0.383 e. The molecule has 3 rings (SSSR count). The van der Waals surface area contributed by atoms with Crippen LogP contribution in [0.5, 0.6) is 0 Å². The van der Waals surface area contributed by atoms with Crippen LogP contribution in [0.1, 0.15) is 12.8 Å². The lowest BCUT2D eigenvalue weighted by Gasteiger charge is -2.36. The van der Waals surface area contributed by atoms with Crippen molar-refractivity contribution in [3.8, 4) is 0 Å². The van der Waals surface area contributed by atoms with E-state index in [0.29, 0.717) is 5.96 Å². The number of rotatable bonds is 8. The molecule has 2 aliphatic rings. The van der Waals surface area contributed by atoms with Crippen LogP contribution in [-0.2, 0) is 4.74 Å². The molecule has 7 heteroatoms. The summed E-state index contributed by atoms with van der Waals surface area (Å²) in [6, 6.07) is 8.75. The van der Waals surface area contributed by atoms with Gasteiger partial charge in [-0.05, 0) is 37.1 Å². The van der Waals surface area contributed by atoms with E-state index in [1.807, 2.05) is 12.1 Å². The van der Waals surface area contributed by atoms with Gasteiger partial charge in [0.15, 0.2) is 5.96 Å². The van der Waals surface area contributed by atoms with Gasteiger partial charge in [-0.2, -0.15) is 0 Å². The van der Waals surface area contributed by atoms with E-state index in [9.17, 15) is 0 Å². The first kappa shape index (κ1) is 19.3. The monoisotopic (exact) mass is 379 g/mol.